The number of rotatable bonds is 12. The van der Waals surface area contributed by atoms with E-state index >= 15 is 0 Å². The van der Waals surface area contributed by atoms with Crippen molar-refractivity contribution in [1.29, 1.82) is 0 Å². The fourth-order valence-corrected chi connectivity index (χ4v) is 7.64. The van der Waals surface area contributed by atoms with Gasteiger partial charge in [0.1, 0.15) is 22.8 Å². The molecular formula is C35H36Cl2N4O7S. The van der Waals surface area contributed by atoms with E-state index in [4.69, 9.17) is 46.9 Å². The lowest BCUT2D eigenvalue weighted by Gasteiger charge is -2.44. The molecule has 4 aromatic rings. The number of nitrogens with zero attached hydrogens (tertiary/aromatic N) is 4. The average Bonchev–Trinajstić information content (AvgIpc) is 3.61. The van der Waals surface area contributed by atoms with Gasteiger partial charge in [-0.25, -0.2) is 14.6 Å². The number of fused-ring (bicyclic) bond motifs is 3. The van der Waals surface area contributed by atoms with E-state index in [2.05, 4.69) is 14.9 Å². The number of piperidine rings is 3. The third-order valence-corrected chi connectivity index (χ3v) is 10.6. The molecule has 258 valence electrons. The van der Waals surface area contributed by atoms with Crippen molar-refractivity contribution < 1.29 is 33.3 Å². The molecule has 2 bridgehead atoms. The maximum absolute atomic E-state index is 13.8. The Morgan fingerprint density at radius 1 is 1.00 bits per heavy atom. The highest BCUT2D eigenvalue weighted by atomic mass is 35.5. The molecule has 7 rings (SSSR count). The molecule has 0 saturated carbocycles. The predicted molar refractivity (Wildman–Crippen MR) is 186 cm³/mol. The number of carbonyl (C=O) groups excluding carboxylic acids is 2. The number of esters is 1. The number of methoxy groups -OCH3 is 3. The number of pyridine rings is 2. The predicted octanol–water partition coefficient (Wildman–Crippen LogP) is 7.25. The Labute approximate surface area is 298 Å². The van der Waals surface area contributed by atoms with Crippen LogP contribution in [0, 0.1) is 5.92 Å². The lowest BCUT2D eigenvalue weighted by Crippen LogP contribution is -2.53. The third-order valence-electron chi connectivity index (χ3n) is 8.85. The van der Waals surface area contributed by atoms with Gasteiger partial charge in [-0.3, -0.25) is 14.8 Å². The Kier molecular flexibility index (Phi) is 11.1. The van der Waals surface area contributed by atoms with Gasteiger partial charge < -0.3 is 23.7 Å². The summed E-state index contributed by atoms with van der Waals surface area (Å²) >= 11 is 14.1. The summed E-state index contributed by atoms with van der Waals surface area (Å²) in [5, 5.41) is 0.701. The summed E-state index contributed by atoms with van der Waals surface area (Å²) in [5.41, 5.74) is 1.70. The summed E-state index contributed by atoms with van der Waals surface area (Å²) in [6, 6.07) is 12.2. The monoisotopic (exact) mass is 726 g/mol. The van der Waals surface area contributed by atoms with Gasteiger partial charge in [-0.15, -0.1) is 11.3 Å². The number of halogens is 2. The number of hydrogen-bond acceptors (Lipinski definition) is 11. The largest absolute Gasteiger partial charge is 0.493 e. The molecular weight excluding hydrogens is 691 g/mol. The second kappa shape index (κ2) is 15.6. The summed E-state index contributed by atoms with van der Waals surface area (Å²) in [5.74, 6) is 1.07. The standard InChI is InChI=1S/C35H36Cl2N4O7S/c1-44-28-8-6-22(15-30(28)45-2)29(16-24-25(36)17-38-18-26(24)37)47-34(42)32-9-7-23(49-32)19-41(27-5-4-12-39-33(27)46-3)35(43)48-31-20-40-13-10-21(31)11-14-40/h4-9,12,15,17-18,21,29,31H,10-11,13-14,16,19-20H2,1-3H3/t29-,31-/m0/s1. The van der Waals surface area contributed by atoms with Gasteiger partial charge in [0.25, 0.3) is 0 Å². The van der Waals surface area contributed by atoms with Crippen LogP contribution in [-0.4, -0.2) is 74.0 Å². The molecule has 3 aromatic heterocycles. The lowest BCUT2D eigenvalue weighted by molar-refractivity contribution is -0.0311. The molecule has 3 aliphatic rings. The molecule has 49 heavy (non-hydrogen) atoms. The van der Waals surface area contributed by atoms with E-state index in [1.165, 1.54) is 42.8 Å². The number of aromatic nitrogens is 2. The number of amides is 1. The van der Waals surface area contributed by atoms with E-state index in [0.29, 0.717) is 49.2 Å². The first-order valence-corrected chi connectivity index (χ1v) is 17.3. The molecule has 6 heterocycles. The van der Waals surface area contributed by atoms with Crippen molar-refractivity contribution in [2.75, 3.05) is 45.9 Å². The van der Waals surface area contributed by atoms with Crippen LogP contribution in [0.2, 0.25) is 10.0 Å². The molecule has 14 heteroatoms. The van der Waals surface area contributed by atoms with Crippen molar-refractivity contribution >= 4 is 52.3 Å². The van der Waals surface area contributed by atoms with Crippen molar-refractivity contribution in [3.05, 3.63) is 92.0 Å². The Morgan fingerprint density at radius 2 is 1.76 bits per heavy atom. The van der Waals surface area contributed by atoms with E-state index in [1.807, 2.05) is 0 Å². The van der Waals surface area contributed by atoms with Gasteiger partial charge in [0, 0.05) is 36.4 Å². The first-order valence-electron chi connectivity index (χ1n) is 15.8. The Balaban J connectivity index is 1.24. The molecule has 3 fully saturated rings. The average molecular weight is 728 g/mol. The molecule has 0 spiro atoms. The zero-order chi connectivity index (χ0) is 34.5. The number of benzene rings is 1. The first-order chi connectivity index (χ1) is 23.8. The van der Waals surface area contributed by atoms with Crippen molar-refractivity contribution in [2.45, 2.75) is 38.0 Å². The van der Waals surface area contributed by atoms with E-state index in [1.54, 1.807) is 55.8 Å². The van der Waals surface area contributed by atoms with Crippen molar-refractivity contribution in [2.24, 2.45) is 5.92 Å². The normalized spacial score (nSPS) is 18.8. The van der Waals surface area contributed by atoms with Crippen LogP contribution in [0.4, 0.5) is 10.5 Å². The topological polar surface area (TPSA) is 113 Å². The van der Waals surface area contributed by atoms with E-state index in [9.17, 15) is 9.59 Å². The summed E-state index contributed by atoms with van der Waals surface area (Å²) in [6.45, 7) is 2.91. The van der Waals surface area contributed by atoms with Crippen LogP contribution >= 0.6 is 34.5 Å². The van der Waals surface area contributed by atoms with Crippen LogP contribution in [0.15, 0.2) is 61.1 Å². The fraction of sp³-hybridized carbons (Fsp3) is 0.371. The molecule has 0 N–H and O–H groups in total. The minimum atomic E-state index is -0.789. The van der Waals surface area contributed by atoms with Crippen molar-refractivity contribution in [1.82, 2.24) is 14.9 Å². The van der Waals surface area contributed by atoms with Crippen LogP contribution in [0.1, 0.15) is 44.6 Å². The van der Waals surface area contributed by atoms with Crippen LogP contribution in [0.3, 0.4) is 0 Å². The second-order valence-electron chi connectivity index (χ2n) is 11.7. The molecule has 0 aliphatic carbocycles. The maximum Gasteiger partial charge on any atom is 0.415 e. The molecule has 1 aromatic carbocycles. The quantitative estimate of drug-likeness (QED) is 0.138. The third kappa shape index (κ3) is 7.88. The number of anilines is 1. The number of hydrogen-bond donors (Lipinski definition) is 0. The highest BCUT2D eigenvalue weighted by Crippen LogP contribution is 2.37. The second-order valence-corrected chi connectivity index (χ2v) is 13.7. The molecule has 1 amide bonds. The van der Waals surface area contributed by atoms with Gasteiger partial charge in [-0.1, -0.05) is 29.3 Å². The van der Waals surface area contributed by atoms with E-state index < -0.39 is 18.2 Å². The molecule has 0 unspecified atom stereocenters. The minimum Gasteiger partial charge on any atom is -0.493 e. The Bertz CT molecular complexity index is 1780. The smallest absolute Gasteiger partial charge is 0.415 e. The highest BCUT2D eigenvalue weighted by molar-refractivity contribution is 7.14. The summed E-state index contributed by atoms with van der Waals surface area (Å²) < 4.78 is 28.6. The van der Waals surface area contributed by atoms with Crippen molar-refractivity contribution in [3.8, 4) is 17.4 Å². The number of thiophene rings is 1. The van der Waals surface area contributed by atoms with Gasteiger partial charge in [0.15, 0.2) is 11.5 Å². The van der Waals surface area contributed by atoms with Gasteiger partial charge in [0.2, 0.25) is 5.88 Å². The zero-order valence-electron chi connectivity index (χ0n) is 27.3. The Hall–Kier alpha value is -4.10. The van der Waals surface area contributed by atoms with Crippen LogP contribution in [0.5, 0.6) is 17.4 Å². The molecule has 3 aliphatic heterocycles. The lowest BCUT2D eigenvalue weighted by atomic mass is 9.86. The fourth-order valence-electron chi connectivity index (χ4n) is 6.25. The molecule has 11 nitrogen and oxygen atoms in total. The summed E-state index contributed by atoms with van der Waals surface area (Å²) in [4.78, 5) is 40.8. The van der Waals surface area contributed by atoms with Gasteiger partial charge >= 0.3 is 12.1 Å². The minimum absolute atomic E-state index is 0.126. The van der Waals surface area contributed by atoms with Crippen molar-refractivity contribution in [3.63, 3.8) is 0 Å². The summed E-state index contributed by atoms with van der Waals surface area (Å²) in [7, 11) is 4.58. The van der Waals surface area contributed by atoms with Crippen LogP contribution in [0.25, 0.3) is 0 Å². The Morgan fingerprint density at radius 3 is 2.43 bits per heavy atom. The first kappa shape index (κ1) is 34.8. The highest BCUT2D eigenvalue weighted by Gasteiger charge is 2.38. The van der Waals surface area contributed by atoms with Crippen LogP contribution in [-0.2, 0) is 22.4 Å². The van der Waals surface area contributed by atoms with Gasteiger partial charge in [-0.2, -0.15) is 0 Å². The van der Waals surface area contributed by atoms with E-state index in [0.717, 1.165) is 37.4 Å². The molecule has 2 atom stereocenters. The zero-order valence-corrected chi connectivity index (χ0v) is 29.6. The molecule has 0 radical (unpaired) electrons. The maximum atomic E-state index is 13.8. The van der Waals surface area contributed by atoms with E-state index in [-0.39, 0.29) is 24.9 Å². The SMILES string of the molecule is COc1ccc([C@H](Cc2c(Cl)cncc2Cl)OC(=O)c2ccc(CN(C(=O)O[C@H]3CN4CCC3CC4)c3cccnc3OC)s2)cc1OC. The number of ether oxygens (including phenoxy) is 5. The molecule has 3 saturated heterocycles. The van der Waals surface area contributed by atoms with Gasteiger partial charge in [0.05, 0.1) is 37.9 Å². The number of carbonyl (C=O) groups is 2. The van der Waals surface area contributed by atoms with Crippen LogP contribution < -0.4 is 19.1 Å². The summed E-state index contributed by atoms with van der Waals surface area (Å²) in [6.07, 6.45) is 5.30. The van der Waals surface area contributed by atoms with Gasteiger partial charge in [-0.05, 0) is 79.4 Å².